The molecule has 7 heteroatoms. The summed E-state index contributed by atoms with van der Waals surface area (Å²) in [5.41, 5.74) is 0.951. The minimum Gasteiger partial charge on any atom is -0.466 e. The van der Waals surface area contributed by atoms with Gasteiger partial charge in [0.2, 0.25) is 5.91 Å². The molecular weight excluding hydrogens is 308 g/mol. The van der Waals surface area contributed by atoms with E-state index in [1.165, 1.54) is 0 Å². The normalized spacial score (nSPS) is 19.5. The first kappa shape index (κ1) is 16.7. The number of aromatic amines is 1. The van der Waals surface area contributed by atoms with Gasteiger partial charge in [0.15, 0.2) is 5.82 Å². The maximum Gasteiger partial charge on any atom is 0.230 e. The number of aryl methyl sites for hydroxylation is 3. The number of amides is 1. The molecule has 0 unspecified atom stereocenters. The zero-order chi connectivity index (χ0) is 17.3. The first-order valence-corrected chi connectivity index (χ1v) is 8.38. The summed E-state index contributed by atoms with van der Waals surface area (Å²) in [6, 6.07) is 1.94. The van der Waals surface area contributed by atoms with Crippen LogP contribution in [-0.4, -0.2) is 45.7 Å². The summed E-state index contributed by atoms with van der Waals surface area (Å²) >= 11 is 0. The SMILES string of the molecule is CCc1nc([C@@H]2CN(C(=O)[C@H](C)c3cc(C)oc3C)CCO2)n[nH]1. The predicted molar refractivity (Wildman–Crippen MR) is 87.6 cm³/mol. The zero-order valence-electron chi connectivity index (χ0n) is 14.6. The number of hydrogen-bond donors (Lipinski definition) is 1. The second-order valence-electron chi connectivity index (χ2n) is 6.23. The number of nitrogens with one attached hydrogen (secondary N) is 1. The second kappa shape index (κ2) is 6.76. The summed E-state index contributed by atoms with van der Waals surface area (Å²) in [5, 5.41) is 7.11. The molecule has 1 aliphatic rings. The third-order valence-corrected chi connectivity index (χ3v) is 4.47. The highest BCUT2D eigenvalue weighted by Gasteiger charge is 2.31. The van der Waals surface area contributed by atoms with Crippen molar-refractivity contribution < 1.29 is 13.9 Å². The van der Waals surface area contributed by atoms with Crippen LogP contribution >= 0.6 is 0 Å². The highest BCUT2D eigenvalue weighted by molar-refractivity contribution is 5.83. The molecule has 2 aromatic rings. The molecule has 24 heavy (non-hydrogen) atoms. The van der Waals surface area contributed by atoms with Gasteiger partial charge in [0.1, 0.15) is 23.4 Å². The van der Waals surface area contributed by atoms with E-state index in [4.69, 9.17) is 9.15 Å². The Morgan fingerprint density at radius 1 is 1.50 bits per heavy atom. The van der Waals surface area contributed by atoms with E-state index in [1.807, 2.05) is 38.7 Å². The van der Waals surface area contributed by atoms with Crippen LogP contribution in [0.3, 0.4) is 0 Å². The lowest BCUT2D eigenvalue weighted by atomic mass is 9.99. The third-order valence-electron chi connectivity index (χ3n) is 4.47. The molecule has 2 atom stereocenters. The quantitative estimate of drug-likeness (QED) is 0.928. The van der Waals surface area contributed by atoms with Gasteiger partial charge in [-0.25, -0.2) is 4.98 Å². The molecule has 3 heterocycles. The zero-order valence-corrected chi connectivity index (χ0v) is 14.6. The first-order chi connectivity index (χ1) is 11.5. The summed E-state index contributed by atoms with van der Waals surface area (Å²) in [7, 11) is 0. The van der Waals surface area contributed by atoms with E-state index in [0.29, 0.717) is 25.5 Å². The second-order valence-corrected chi connectivity index (χ2v) is 6.23. The Hall–Kier alpha value is -2.15. The summed E-state index contributed by atoms with van der Waals surface area (Å²) in [5.74, 6) is 2.93. The van der Waals surface area contributed by atoms with Crippen LogP contribution in [0.4, 0.5) is 0 Å². The minimum absolute atomic E-state index is 0.0819. The van der Waals surface area contributed by atoms with E-state index in [0.717, 1.165) is 29.3 Å². The number of carbonyl (C=O) groups is 1. The fourth-order valence-corrected chi connectivity index (χ4v) is 3.11. The van der Waals surface area contributed by atoms with E-state index < -0.39 is 0 Å². The summed E-state index contributed by atoms with van der Waals surface area (Å²) in [6.45, 7) is 9.27. The first-order valence-electron chi connectivity index (χ1n) is 8.38. The van der Waals surface area contributed by atoms with Crippen LogP contribution < -0.4 is 0 Å². The maximum absolute atomic E-state index is 12.9. The number of nitrogens with zero attached hydrogens (tertiary/aromatic N) is 3. The monoisotopic (exact) mass is 332 g/mol. The van der Waals surface area contributed by atoms with Crippen molar-refractivity contribution in [3.63, 3.8) is 0 Å². The molecule has 1 fully saturated rings. The Bertz CT molecular complexity index is 721. The van der Waals surface area contributed by atoms with Gasteiger partial charge < -0.3 is 14.1 Å². The van der Waals surface area contributed by atoms with E-state index in [2.05, 4.69) is 15.2 Å². The molecule has 7 nitrogen and oxygen atoms in total. The Morgan fingerprint density at radius 3 is 2.92 bits per heavy atom. The Labute approximate surface area is 141 Å². The minimum atomic E-state index is -0.279. The molecule has 0 aliphatic carbocycles. The molecular formula is C17H24N4O3. The van der Waals surface area contributed by atoms with Crippen molar-refractivity contribution in [3.8, 4) is 0 Å². The Kier molecular flexibility index (Phi) is 4.71. The van der Waals surface area contributed by atoms with Crippen molar-refractivity contribution in [2.45, 2.75) is 46.1 Å². The lowest BCUT2D eigenvalue weighted by Crippen LogP contribution is -2.44. The molecule has 1 aliphatic heterocycles. The molecule has 0 radical (unpaired) electrons. The summed E-state index contributed by atoms with van der Waals surface area (Å²) in [6.07, 6.45) is 0.511. The fourth-order valence-electron chi connectivity index (χ4n) is 3.11. The number of ether oxygens (including phenoxy) is 1. The van der Waals surface area contributed by atoms with E-state index in [9.17, 15) is 4.79 Å². The van der Waals surface area contributed by atoms with Gasteiger partial charge in [-0.2, -0.15) is 5.10 Å². The van der Waals surface area contributed by atoms with Gasteiger partial charge in [0.05, 0.1) is 19.1 Å². The lowest BCUT2D eigenvalue weighted by molar-refractivity contribution is -0.140. The number of H-pyrrole nitrogens is 1. The molecule has 0 aromatic carbocycles. The van der Waals surface area contributed by atoms with Crippen molar-refractivity contribution in [1.29, 1.82) is 0 Å². The number of aromatic nitrogens is 3. The van der Waals surface area contributed by atoms with Gasteiger partial charge in [-0.3, -0.25) is 9.89 Å². The average molecular weight is 332 g/mol. The molecule has 0 saturated carbocycles. The van der Waals surface area contributed by atoms with Crippen molar-refractivity contribution >= 4 is 5.91 Å². The Balaban J connectivity index is 1.71. The van der Waals surface area contributed by atoms with Gasteiger partial charge in [-0.15, -0.1) is 0 Å². The topological polar surface area (TPSA) is 84.2 Å². The largest absolute Gasteiger partial charge is 0.466 e. The smallest absolute Gasteiger partial charge is 0.230 e. The number of hydrogen-bond acceptors (Lipinski definition) is 5. The van der Waals surface area contributed by atoms with Crippen molar-refractivity contribution in [2.75, 3.05) is 19.7 Å². The van der Waals surface area contributed by atoms with Gasteiger partial charge in [0.25, 0.3) is 0 Å². The Morgan fingerprint density at radius 2 is 2.29 bits per heavy atom. The number of carbonyl (C=O) groups excluding carboxylic acids is 1. The van der Waals surface area contributed by atoms with Crippen molar-refractivity contribution in [1.82, 2.24) is 20.1 Å². The summed E-state index contributed by atoms with van der Waals surface area (Å²) < 4.78 is 11.3. The summed E-state index contributed by atoms with van der Waals surface area (Å²) in [4.78, 5) is 19.1. The molecule has 0 bridgehead atoms. The van der Waals surface area contributed by atoms with Crippen LogP contribution in [-0.2, 0) is 16.0 Å². The van der Waals surface area contributed by atoms with Crippen LogP contribution in [0.15, 0.2) is 10.5 Å². The highest BCUT2D eigenvalue weighted by Crippen LogP contribution is 2.27. The van der Waals surface area contributed by atoms with E-state index >= 15 is 0 Å². The number of rotatable bonds is 4. The number of morpholine rings is 1. The third kappa shape index (κ3) is 3.21. The van der Waals surface area contributed by atoms with Crippen molar-refractivity contribution in [2.24, 2.45) is 0 Å². The highest BCUT2D eigenvalue weighted by atomic mass is 16.5. The van der Waals surface area contributed by atoms with Gasteiger partial charge in [0, 0.05) is 18.5 Å². The van der Waals surface area contributed by atoms with Gasteiger partial charge in [-0.1, -0.05) is 6.92 Å². The molecule has 3 rings (SSSR count). The molecule has 1 N–H and O–H groups in total. The molecule has 2 aromatic heterocycles. The van der Waals surface area contributed by atoms with Gasteiger partial charge in [-0.05, 0) is 26.8 Å². The molecule has 1 amide bonds. The lowest BCUT2D eigenvalue weighted by Gasteiger charge is -2.33. The van der Waals surface area contributed by atoms with Crippen LogP contribution in [0, 0.1) is 13.8 Å². The van der Waals surface area contributed by atoms with Gasteiger partial charge >= 0.3 is 0 Å². The molecule has 1 saturated heterocycles. The van der Waals surface area contributed by atoms with Crippen LogP contribution in [0.25, 0.3) is 0 Å². The van der Waals surface area contributed by atoms with E-state index in [1.54, 1.807) is 0 Å². The standard InChI is InChI=1S/C17H24N4O3/c1-5-15-18-16(20-19-15)14-9-21(6-7-23-14)17(22)11(3)13-8-10(2)24-12(13)4/h8,11,14H,5-7,9H2,1-4H3,(H,18,19,20)/t11-,14+/m1/s1. The van der Waals surface area contributed by atoms with E-state index in [-0.39, 0.29) is 17.9 Å². The van der Waals surface area contributed by atoms with Crippen molar-refractivity contribution in [3.05, 3.63) is 34.8 Å². The van der Waals surface area contributed by atoms with Crippen LogP contribution in [0.5, 0.6) is 0 Å². The molecule has 130 valence electrons. The fraction of sp³-hybridized carbons (Fsp3) is 0.588. The molecule has 0 spiro atoms. The van der Waals surface area contributed by atoms with Crippen LogP contribution in [0.2, 0.25) is 0 Å². The maximum atomic E-state index is 12.9. The predicted octanol–water partition coefficient (Wildman–Crippen LogP) is 2.28. The average Bonchev–Trinajstić information content (AvgIpc) is 3.19. The van der Waals surface area contributed by atoms with Crippen LogP contribution in [0.1, 0.15) is 54.6 Å². The number of furan rings is 1.